The molecule has 13 heteroatoms. The molecule has 1 fully saturated rings. The van der Waals surface area contributed by atoms with Gasteiger partial charge in [-0.15, -0.1) is 0 Å². The molecule has 9 nitrogen and oxygen atoms in total. The molecule has 1 aromatic heterocycles. The minimum absolute atomic E-state index is 0.114. The van der Waals surface area contributed by atoms with Crippen LogP contribution in [0, 0.1) is 10.1 Å². The van der Waals surface area contributed by atoms with Gasteiger partial charge in [-0.1, -0.05) is 46.9 Å². The zero-order chi connectivity index (χ0) is 27.1. The molecule has 196 valence electrons. The van der Waals surface area contributed by atoms with Gasteiger partial charge in [0.05, 0.1) is 27.1 Å². The number of esters is 1. The predicted octanol–water partition coefficient (Wildman–Crippen LogP) is 6.36. The maximum absolute atomic E-state index is 13.7. The Morgan fingerprint density at radius 2 is 1.78 bits per heavy atom. The highest BCUT2D eigenvalue weighted by Crippen LogP contribution is 2.47. The molecule has 0 aliphatic heterocycles. The van der Waals surface area contributed by atoms with Gasteiger partial charge in [0, 0.05) is 41.7 Å². The van der Waals surface area contributed by atoms with Crippen molar-refractivity contribution in [2.75, 3.05) is 13.7 Å². The highest BCUT2D eigenvalue weighted by atomic mass is 35.5. The van der Waals surface area contributed by atoms with Gasteiger partial charge in [0.1, 0.15) is 5.66 Å². The number of carbonyl (C=O) groups is 1. The van der Waals surface area contributed by atoms with E-state index in [9.17, 15) is 23.3 Å². The lowest BCUT2D eigenvalue weighted by Crippen LogP contribution is -2.55. The van der Waals surface area contributed by atoms with Gasteiger partial charge in [-0.05, 0) is 44.4 Å². The SMILES string of the molecule is CCOC(=O)c1cn(C2(N(C)S(=O)(=O)c3ccccc3[N+](=O)[O-])CCC2)cc1-c1c(Cl)cc(Cl)cc1Cl. The number of sulfonamides is 1. The van der Waals surface area contributed by atoms with E-state index in [4.69, 9.17) is 39.5 Å². The second kappa shape index (κ2) is 10.3. The molecule has 3 aromatic rings. The molecule has 1 heterocycles. The number of nitro groups is 1. The summed E-state index contributed by atoms with van der Waals surface area (Å²) >= 11 is 19.0. The molecule has 0 unspecified atom stereocenters. The average molecular weight is 587 g/mol. The van der Waals surface area contributed by atoms with Crippen molar-refractivity contribution >= 4 is 56.5 Å². The number of aromatic nitrogens is 1. The summed E-state index contributed by atoms with van der Waals surface area (Å²) in [5.74, 6) is -0.642. The quantitative estimate of drug-likeness (QED) is 0.173. The fraction of sp³-hybridized carbons (Fsp3) is 0.292. The van der Waals surface area contributed by atoms with Crippen LogP contribution in [-0.2, 0) is 20.4 Å². The number of hydrogen-bond acceptors (Lipinski definition) is 6. The topological polar surface area (TPSA) is 112 Å². The molecule has 0 N–H and O–H groups in total. The summed E-state index contributed by atoms with van der Waals surface area (Å²) < 4.78 is 35.3. The number of rotatable bonds is 8. The van der Waals surface area contributed by atoms with Gasteiger partial charge in [0.2, 0.25) is 0 Å². The molecule has 4 rings (SSSR count). The Labute approximate surface area is 228 Å². The summed E-state index contributed by atoms with van der Waals surface area (Å²) in [6, 6.07) is 8.15. The van der Waals surface area contributed by atoms with Crippen molar-refractivity contribution in [3.05, 3.63) is 79.5 Å². The molecule has 1 saturated carbocycles. The summed E-state index contributed by atoms with van der Waals surface area (Å²) in [6.07, 6.45) is 4.60. The highest BCUT2D eigenvalue weighted by Gasteiger charge is 2.49. The van der Waals surface area contributed by atoms with Gasteiger partial charge in [0.25, 0.3) is 15.7 Å². The number of halogens is 3. The summed E-state index contributed by atoms with van der Waals surface area (Å²) in [5.41, 5.74) is -0.839. The molecule has 37 heavy (non-hydrogen) atoms. The normalized spacial score (nSPS) is 14.9. The van der Waals surface area contributed by atoms with Crippen molar-refractivity contribution in [1.82, 2.24) is 8.87 Å². The fourth-order valence-corrected chi connectivity index (χ4v) is 7.19. The fourth-order valence-electron chi connectivity index (χ4n) is 4.49. The van der Waals surface area contributed by atoms with Crippen molar-refractivity contribution in [3.63, 3.8) is 0 Å². The number of hydrogen-bond donors (Lipinski definition) is 0. The van der Waals surface area contributed by atoms with Crippen LogP contribution in [0.4, 0.5) is 5.69 Å². The number of ether oxygens (including phenoxy) is 1. The number of carbonyl (C=O) groups excluding carboxylic acids is 1. The molecule has 0 saturated heterocycles. The second-order valence-corrected chi connectivity index (χ2v) is 11.7. The zero-order valence-electron chi connectivity index (χ0n) is 19.8. The van der Waals surface area contributed by atoms with E-state index in [2.05, 4.69) is 0 Å². The van der Waals surface area contributed by atoms with Gasteiger partial charge >= 0.3 is 5.97 Å². The third-order valence-corrected chi connectivity index (χ3v) is 9.30. The van der Waals surface area contributed by atoms with Crippen molar-refractivity contribution in [2.24, 2.45) is 0 Å². The minimum Gasteiger partial charge on any atom is -0.462 e. The maximum atomic E-state index is 13.7. The maximum Gasteiger partial charge on any atom is 0.340 e. The lowest BCUT2D eigenvalue weighted by Gasteiger charge is -2.48. The number of nitro benzene ring substituents is 1. The summed E-state index contributed by atoms with van der Waals surface area (Å²) in [4.78, 5) is 23.3. The van der Waals surface area contributed by atoms with Crippen LogP contribution >= 0.6 is 34.8 Å². The standard InChI is InChI=1S/C24H22Cl3N3O6S/c1-3-36-23(31)17-14-29(13-16(17)22-18(26)11-15(25)12-19(22)27)24(9-6-10-24)28(2)37(34,35)21-8-5-4-7-20(21)30(32)33/h4-5,7-8,11-14H,3,6,9-10H2,1-2H3. The zero-order valence-corrected chi connectivity index (χ0v) is 22.9. The second-order valence-electron chi connectivity index (χ2n) is 8.49. The third kappa shape index (κ3) is 4.72. The molecule has 1 aliphatic carbocycles. The Balaban J connectivity index is 1.89. The van der Waals surface area contributed by atoms with Gasteiger partial charge in [-0.25, -0.2) is 13.2 Å². The first-order chi connectivity index (χ1) is 17.4. The number of benzene rings is 2. The lowest BCUT2D eigenvalue weighted by atomic mass is 9.84. The summed E-state index contributed by atoms with van der Waals surface area (Å²) in [7, 11) is -2.94. The Morgan fingerprint density at radius 3 is 2.32 bits per heavy atom. The molecule has 0 bridgehead atoms. The van der Waals surface area contributed by atoms with E-state index in [-0.39, 0.29) is 22.2 Å². The molecule has 1 aliphatic rings. The van der Waals surface area contributed by atoms with E-state index in [1.165, 1.54) is 43.6 Å². The van der Waals surface area contributed by atoms with Crippen molar-refractivity contribution in [2.45, 2.75) is 36.7 Å². The van der Waals surface area contributed by atoms with Crippen LogP contribution in [0.25, 0.3) is 11.1 Å². The molecular weight excluding hydrogens is 565 g/mol. The van der Waals surface area contributed by atoms with Gasteiger partial charge < -0.3 is 9.30 Å². The minimum atomic E-state index is -4.32. The first-order valence-corrected chi connectivity index (χ1v) is 13.8. The van der Waals surface area contributed by atoms with Gasteiger partial charge in [-0.3, -0.25) is 10.1 Å². The van der Waals surface area contributed by atoms with Crippen LogP contribution in [0.2, 0.25) is 15.1 Å². The van der Waals surface area contributed by atoms with Crippen LogP contribution < -0.4 is 0 Å². The Bertz CT molecular complexity index is 1480. The van der Waals surface area contributed by atoms with Crippen LogP contribution in [0.5, 0.6) is 0 Å². The van der Waals surface area contributed by atoms with Crippen LogP contribution in [-0.4, -0.2) is 41.8 Å². The number of para-hydroxylation sites is 1. The molecular formula is C24H22Cl3N3O6S. The molecule has 0 amide bonds. The number of nitrogens with zero attached hydrogens (tertiary/aromatic N) is 3. The van der Waals surface area contributed by atoms with E-state index < -0.39 is 37.2 Å². The van der Waals surface area contributed by atoms with E-state index >= 15 is 0 Å². The first-order valence-electron chi connectivity index (χ1n) is 11.2. The van der Waals surface area contributed by atoms with Crippen molar-refractivity contribution < 1.29 is 22.9 Å². The Kier molecular flexibility index (Phi) is 7.60. The smallest absolute Gasteiger partial charge is 0.340 e. The third-order valence-electron chi connectivity index (χ3n) is 6.52. The lowest BCUT2D eigenvalue weighted by molar-refractivity contribution is -0.387. The van der Waals surface area contributed by atoms with E-state index in [0.29, 0.717) is 35.4 Å². The van der Waals surface area contributed by atoms with Crippen LogP contribution in [0.15, 0.2) is 53.7 Å². The molecule has 2 aromatic carbocycles. The van der Waals surface area contributed by atoms with Crippen LogP contribution in [0.3, 0.4) is 0 Å². The van der Waals surface area contributed by atoms with Crippen LogP contribution in [0.1, 0.15) is 36.5 Å². The van der Waals surface area contributed by atoms with Crippen molar-refractivity contribution in [3.8, 4) is 11.1 Å². The Morgan fingerprint density at radius 1 is 1.16 bits per heavy atom. The van der Waals surface area contributed by atoms with E-state index in [0.717, 1.165) is 10.4 Å². The van der Waals surface area contributed by atoms with E-state index in [1.807, 2.05) is 0 Å². The largest absolute Gasteiger partial charge is 0.462 e. The predicted molar refractivity (Wildman–Crippen MR) is 141 cm³/mol. The van der Waals surface area contributed by atoms with Crippen molar-refractivity contribution in [1.29, 1.82) is 0 Å². The summed E-state index contributed by atoms with van der Waals surface area (Å²) in [5, 5.41) is 12.3. The highest BCUT2D eigenvalue weighted by molar-refractivity contribution is 7.89. The Hall–Kier alpha value is -2.63. The summed E-state index contributed by atoms with van der Waals surface area (Å²) in [6.45, 7) is 1.78. The monoisotopic (exact) mass is 585 g/mol. The first kappa shape index (κ1) is 27.4. The van der Waals surface area contributed by atoms with Gasteiger partial charge in [-0.2, -0.15) is 4.31 Å². The average Bonchev–Trinajstić information content (AvgIpc) is 3.22. The van der Waals surface area contributed by atoms with E-state index in [1.54, 1.807) is 17.7 Å². The molecule has 0 spiro atoms. The molecule has 0 atom stereocenters. The molecule has 0 radical (unpaired) electrons. The van der Waals surface area contributed by atoms with Gasteiger partial charge in [0.15, 0.2) is 4.90 Å².